The summed E-state index contributed by atoms with van der Waals surface area (Å²) in [5.74, 6) is 0.984. The molecule has 1 heterocycles. The average Bonchev–Trinajstić information content (AvgIpc) is 2.26. The fourth-order valence-corrected chi connectivity index (χ4v) is 1.41. The van der Waals surface area contributed by atoms with Gasteiger partial charge in [0.25, 0.3) is 0 Å². The largest absolute Gasteiger partial charge is 0.475 e. The standard InChI is InChI=1S/C12H21N3O/c1-8(2)16-12-6-11(14-7-15-12)9(3)10(4)13-5/h6-10,13H,1-5H3. The van der Waals surface area contributed by atoms with E-state index in [1.165, 1.54) is 0 Å². The molecule has 2 unspecified atom stereocenters. The molecular formula is C12H21N3O. The van der Waals surface area contributed by atoms with Gasteiger partial charge in [-0.05, 0) is 27.8 Å². The van der Waals surface area contributed by atoms with E-state index in [0.717, 1.165) is 5.69 Å². The molecule has 0 aliphatic carbocycles. The zero-order chi connectivity index (χ0) is 12.1. The van der Waals surface area contributed by atoms with Crippen LogP contribution < -0.4 is 10.1 Å². The third kappa shape index (κ3) is 3.45. The second kappa shape index (κ2) is 5.80. The summed E-state index contributed by atoms with van der Waals surface area (Å²) in [5.41, 5.74) is 1.01. The lowest BCUT2D eigenvalue weighted by Crippen LogP contribution is -2.27. The molecule has 0 amide bonds. The van der Waals surface area contributed by atoms with Gasteiger partial charge in [-0.15, -0.1) is 0 Å². The van der Waals surface area contributed by atoms with E-state index < -0.39 is 0 Å². The summed E-state index contributed by atoms with van der Waals surface area (Å²) in [6.45, 7) is 8.25. The number of nitrogens with zero attached hydrogens (tertiary/aromatic N) is 2. The Labute approximate surface area is 97.5 Å². The van der Waals surface area contributed by atoms with Crippen LogP contribution in [0.25, 0.3) is 0 Å². The molecule has 4 heteroatoms. The van der Waals surface area contributed by atoms with Crippen LogP contribution >= 0.6 is 0 Å². The first kappa shape index (κ1) is 12.9. The highest BCUT2D eigenvalue weighted by atomic mass is 16.5. The third-order valence-corrected chi connectivity index (χ3v) is 2.69. The zero-order valence-electron chi connectivity index (χ0n) is 10.7. The monoisotopic (exact) mass is 223 g/mol. The Morgan fingerprint density at radius 3 is 2.44 bits per heavy atom. The van der Waals surface area contributed by atoms with Gasteiger partial charge in [-0.3, -0.25) is 0 Å². The van der Waals surface area contributed by atoms with Crippen LogP contribution in [0.3, 0.4) is 0 Å². The van der Waals surface area contributed by atoms with Crippen LogP contribution in [-0.4, -0.2) is 29.2 Å². The van der Waals surface area contributed by atoms with E-state index >= 15 is 0 Å². The van der Waals surface area contributed by atoms with Crippen molar-refractivity contribution in [3.8, 4) is 5.88 Å². The van der Waals surface area contributed by atoms with Crippen molar-refractivity contribution in [1.82, 2.24) is 15.3 Å². The molecule has 1 rings (SSSR count). The van der Waals surface area contributed by atoms with Gasteiger partial charge >= 0.3 is 0 Å². The minimum Gasteiger partial charge on any atom is -0.475 e. The number of hydrogen-bond donors (Lipinski definition) is 1. The number of nitrogens with one attached hydrogen (secondary N) is 1. The van der Waals surface area contributed by atoms with Crippen molar-refractivity contribution >= 4 is 0 Å². The van der Waals surface area contributed by atoms with Crippen LogP contribution in [0.2, 0.25) is 0 Å². The summed E-state index contributed by atoms with van der Waals surface area (Å²) < 4.78 is 5.55. The van der Waals surface area contributed by atoms with Crippen molar-refractivity contribution < 1.29 is 4.74 Å². The lowest BCUT2D eigenvalue weighted by molar-refractivity contribution is 0.231. The molecule has 1 aromatic rings. The van der Waals surface area contributed by atoms with E-state index in [4.69, 9.17) is 4.74 Å². The molecule has 0 aliphatic heterocycles. The van der Waals surface area contributed by atoms with Gasteiger partial charge < -0.3 is 10.1 Å². The van der Waals surface area contributed by atoms with Gasteiger partial charge in [0.2, 0.25) is 5.88 Å². The Balaban J connectivity index is 2.81. The minimum absolute atomic E-state index is 0.139. The summed E-state index contributed by atoms with van der Waals surface area (Å²) in [4.78, 5) is 8.38. The van der Waals surface area contributed by atoms with Crippen LogP contribution in [-0.2, 0) is 0 Å². The van der Waals surface area contributed by atoms with Gasteiger partial charge in [0, 0.05) is 18.0 Å². The van der Waals surface area contributed by atoms with Gasteiger partial charge in [0.1, 0.15) is 6.33 Å². The lowest BCUT2D eigenvalue weighted by atomic mass is 10.00. The molecule has 0 fully saturated rings. The molecule has 0 saturated heterocycles. The van der Waals surface area contributed by atoms with E-state index in [1.54, 1.807) is 6.33 Å². The first-order chi connectivity index (χ1) is 7.54. The maximum absolute atomic E-state index is 5.55. The normalized spacial score (nSPS) is 14.9. The maximum Gasteiger partial charge on any atom is 0.216 e. The SMILES string of the molecule is CNC(C)C(C)c1cc(OC(C)C)ncn1. The van der Waals surface area contributed by atoms with Crippen LogP contribution in [0, 0.1) is 0 Å². The molecule has 1 aromatic heterocycles. The third-order valence-electron chi connectivity index (χ3n) is 2.69. The molecular weight excluding hydrogens is 202 g/mol. The molecule has 0 bridgehead atoms. The summed E-state index contributed by atoms with van der Waals surface area (Å²) in [5, 5.41) is 3.22. The van der Waals surface area contributed by atoms with Gasteiger partial charge in [0.05, 0.1) is 11.8 Å². The Kier molecular flexibility index (Phi) is 4.68. The van der Waals surface area contributed by atoms with Crippen molar-refractivity contribution in [3.63, 3.8) is 0 Å². The van der Waals surface area contributed by atoms with Crippen LogP contribution in [0.5, 0.6) is 5.88 Å². The molecule has 16 heavy (non-hydrogen) atoms. The topological polar surface area (TPSA) is 47.0 Å². The molecule has 4 nitrogen and oxygen atoms in total. The van der Waals surface area contributed by atoms with Crippen LogP contribution in [0.15, 0.2) is 12.4 Å². The first-order valence-electron chi connectivity index (χ1n) is 5.70. The van der Waals surface area contributed by atoms with E-state index in [9.17, 15) is 0 Å². The van der Waals surface area contributed by atoms with E-state index in [2.05, 4.69) is 29.1 Å². The second-order valence-corrected chi connectivity index (χ2v) is 4.31. The highest BCUT2D eigenvalue weighted by Gasteiger charge is 2.15. The summed E-state index contributed by atoms with van der Waals surface area (Å²) in [6.07, 6.45) is 1.70. The van der Waals surface area contributed by atoms with E-state index in [0.29, 0.717) is 17.8 Å². The lowest BCUT2D eigenvalue weighted by Gasteiger charge is -2.19. The molecule has 0 aromatic carbocycles. The van der Waals surface area contributed by atoms with Crippen molar-refractivity contribution in [3.05, 3.63) is 18.1 Å². The Bertz CT molecular complexity index is 328. The summed E-state index contributed by atoms with van der Waals surface area (Å²) in [6, 6.07) is 2.29. The Hall–Kier alpha value is -1.16. The molecule has 0 radical (unpaired) electrons. The number of rotatable bonds is 5. The van der Waals surface area contributed by atoms with Gasteiger partial charge in [-0.2, -0.15) is 0 Å². The van der Waals surface area contributed by atoms with Crippen molar-refractivity contribution in [2.24, 2.45) is 0 Å². The fraction of sp³-hybridized carbons (Fsp3) is 0.667. The molecule has 0 aliphatic rings. The molecule has 0 spiro atoms. The molecule has 2 atom stereocenters. The Morgan fingerprint density at radius 1 is 1.19 bits per heavy atom. The molecule has 90 valence electrons. The number of aromatic nitrogens is 2. The predicted octanol–water partition coefficient (Wildman–Crippen LogP) is 1.98. The van der Waals surface area contributed by atoms with Gasteiger partial charge in [-0.25, -0.2) is 9.97 Å². The van der Waals surface area contributed by atoms with Crippen LogP contribution in [0.4, 0.5) is 0 Å². The summed E-state index contributed by atoms with van der Waals surface area (Å²) >= 11 is 0. The van der Waals surface area contributed by atoms with Crippen LogP contribution in [0.1, 0.15) is 39.3 Å². The second-order valence-electron chi connectivity index (χ2n) is 4.31. The van der Waals surface area contributed by atoms with Crippen molar-refractivity contribution in [2.45, 2.75) is 45.8 Å². The molecule has 0 saturated carbocycles. The first-order valence-corrected chi connectivity index (χ1v) is 5.70. The predicted molar refractivity (Wildman–Crippen MR) is 64.7 cm³/mol. The average molecular weight is 223 g/mol. The number of likely N-dealkylation sites (N-methyl/N-ethyl adjacent to an activating group) is 1. The highest BCUT2D eigenvalue weighted by molar-refractivity contribution is 5.18. The van der Waals surface area contributed by atoms with Gasteiger partial charge in [-0.1, -0.05) is 6.92 Å². The molecule has 1 N–H and O–H groups in total. The minimum atomic E-state index is 0.139. The Morgan fingerprint density at radius 2 is 1.88 bits per heavy atom. The number of hydrogen-bond acceptors (Lipinski definition) is 4. The maximum atomic E-state index is 5.55. The number of ether oxygens (including phenoxy) is 1. The van der Waals surface area contributed by atoms with Crippen molar-refractivity contribution in [2.75, 3.05) is 7.05 Å². The van der Waals surface area contributed by atoms with Crippen molar-refractivity contribution in [1.29, 1.82) is 0 Å². The fourth-order valence-electron chi connectivity index (χ4n) is 1.41. The van der Waals surface area contributed by atoms with Gasteiger partial charge in [0.15, 0.2) is 0 Å². The van der Waals surface area contributed by atoms with E-state index in [1.807, 2.05) is 27.0 Å². The van der Waals surface area contributed by atoms with E-state index in [-0.39, 0.29) is 6.10 Å². The highest BCUT2D eigenvalue weighted by Crippen LogP contribution is 2.19. The summed E-state index contributed by atoms with van der Waals surface area (Å²) in [7, 11) is 1.95. The quantitative estimate of drug-likeness (QED) is 0.829. The smallest absolute Gasteiger partial charge is 0.216 e. The zero-order valence-corrected chi connectivity index (χ0v) is 10.7.